The van der Waals surface area contributed by atoms with E-state index in [4.69, 9.17) is 4.74 Å². The molecule has 0 saturated heterocycles. The molecule has 0 unspecified atom stereocenters. The van der Waals surface area contributed by atoms with Crippen molar-refractivity contribution in [1.29, 1.82) is 0 Å². The van der Waals surface area contributed by atoms with Gasteiger partial charge in [0.15, 0.2) is 0 Å². The quantitative estimate of drug-likeness (QED) is 0.750. The van der Waals surface area contributed by atoms with Crippen LogP contribution in [0, 0.1) is 0 Å². The summed E-state index contributed by atoms with van der Waals surface area (Å²) >= 11 is 1.47. The third-order valence-corrected chi connectivity index (χ3v) is 3.55. The van der Waals surface area contributed by atoms with Gasteiger partial charge in [-0.15, -0.1) is 11.3 Å². The van der Waals surface area contributed by atoms with E-state index in [1.165, 1.54) is 18.4 Å². The molecule has 4 heteroatoms. The summed E-state index contributed by atoms with van der Waals surface area (Å²) < 4.78 is 5.84. The van der Waals surface area contributed by atoms with E-state index >= 15 is 0 Å². The first-order valence-corrected chi connectivity index (χ1v) is 5.73. The smallest absolute Gasteiger partial charge is 0.348 e. The molecule has 1 aromatic heterocycles. The molecule has 0 aliphatic heterocycles. The van der Waals surface area contributed by atoms with Gasteiger partial charge in [0.05, 0.1) is 17.5 Å². The van der Waals surface area contributed by atoms with Gasteiger partial charge in [-0.25, -0.2) is 4.79 Å². The average molecular weight is 235 g/mol. The van der Waals surface area contributed by atoms with E-state index in [1.807, 2.05) is 43.3 Å². The van der Waals surface area contributed by atoms with Crippen LogP contribution in [0.3, 0.4) is 0 Å². The minimum absolute atomic E-state index is 0.272. The maximum Gasteiger partial charge on any atom is 0.348 e. The van der Waals surface area contributed by atoms with Crippen LogP contribution in [0.2, 0.25) is 0 Å². The topological polar surface area (TPSA) is 29.5 Å². The molecular formula is C12H13NO2S. The van der Waals surface area contributed by atoms with Crippen molar-refractivity contribution in [3.05, 3.63) is 29.1 Å². The summed E-state index contributed by atoms with van der Waals surface area (Å²) in [7, 11) is 5.39. The fraction of sp³-hybridized carbons (Fsp3) is 0.250. The first-order chi connectivity index (χ1) is 7.63. The Balaban J connectivity index is 2.61. The van der Waals surface area contributed by atoms with Crippen LogP contribution in [0.1, 0.15) is 9.67 Å². The van der Waals surface area contributed by atoms with Crippen LogP contribution in [0.25, 0.3) is 10.1 Å². The molecule has 1 heterocycles. The Morgan fingerprint density at radius 3 is 2.75 bits per heavy atom. The summed E-state index contributed by atoms with van der Waals surface area (Å²) in [6.45, 7) is 0. The number of nitrogens with zero attached hydrogens (tertiary/aromatic N) is 1. The highest BCUT2D eigenvalue weighted by Gasteiger charge is 2.12. The monoisotopic (exact) mass is 235 g/mol. The summed E-state index contributed by atoms with van der Waals surface area (Å²) in [4.78, 5) is 14.1. The highest BCUT2D eigenvalue weighted by atomic mass is 32.1. The number of esters is 1. The van der Waals surface area contributed by atoms with Gasteiger partial charge in [0, 0.05) is 14.1 Å². The number of carbonyl (C=O) groups excluding carboxylic acids is 1. The molecule has 84 valence electrons. The number of hydrogen-bond donors (Lipinski definition) is 0. The molecule has 16 heavy (non-hydrogen) atoms. The molecule has 0 amide bonds. The van der Waals surface area contributed by atoms with Gasteiger partial charge >= 0.3 is 5.97 Å². The van der Waals surface area contributed by atoms with Crippen LogP contribution in [0.15, 0.2) is 24.3 Å². The number of benzene rings is 1. The first-order valence-electron chi connectivity index (χ1n) is 4.91. The summed E-state index contributed by atoms with van der Waals surface area (Å²) in [5, 5.41) is 1.08. The van der Waals surface area contributed by atoms with Gasteiger partial charge in [-0.3, -0.25) is 0 Å². The van der Waals surface area contributed by atoms with Crippen molar-refractivity contribution in [3.63, 3.8) is 0 Å². The molecule has 1 aromatic carbocycles. The molecule has 0 radical (unpaired) electrons. The highest BCUT2D eigenvalue weighted by Crippen LogP contribution is 2.33. The lowest BCUT2D eigenvalue weighted by atomic mass is 10.2. The molecule has 2 rings (SSSR count). The van der Waals surface area contributed by atoms with Gasteiger partial charge in [0.2, 0.25) is 0 Å². The number of rotatable bonds is 2. The zero-order valence-electron chi connectivity index (χ0n) is 9.48. The highest BCUT2D eigenvalue weighted by molar-refractivity contribution is 7.21. The maximum absolute atomic E-state index is 11.4. The number of methoxy groups -OCH3 is 1. The minimum Gasteiger partial charge on any atom is -0.465 e. The van der Waals surface area contributed by atoms with E-state index in [2.05, 4.69) is 0 Å². The third kappa shape index (κ3) is 1.76. The van der Waals surface area contributed by atoms with Gasteiger partial charge in [-0.1, -0.05) is 12.1 Å². The zero-order chi connectivity index (χ0) is 11.7. The Kier molecular flexibility index (Phi) is 2.83. The zero-order valence-corrected chi connectivity index (χ0v) is 10.3. The molecular weight excluding hydrogens is 222 g/mol. The summed E-state index contributed by atoms with van der Waals surface area (Å²) in [5.41, 5.74) is 1.12. The first kappa shape index (κ1) is 11.0. The molecule has 0 atom stereocenters. The van der Waals surface area contributed by atoms with Crippen molar-refractivity contribution >= 4 is 33.1 Å². The van der Waals surface area contributed by atoms with Crippen LogP contribution < -0.4 is 4.90 Å². The van der Waals surface area contributed by atoms with Crippen LogP contribution in [0.4, 0.5) is 5.69 Å². The predicted molar refractivity (Wildman–Crippen MR) is 67.5 cm³/mol. The van der Waals surface area contributed by atoms with E-state index in [1.54, 1.807) is 0 Å². The second-order valence-corrected chi connectivity index (χ2v) is 4.74. The number of ether oxygens (including phenoxy) is 1. The molecule has 0 bridgehead atoms. The van der Waals surface area contributed by atoms with Crippen molar-refractivity contribution in [1.82, 2.24) is 0 Å². The molecule has 0 fully saturated rings. The van der Waals surface area contributed by atoms with E-state index in [0.29, 0.717) is 4.88 Å². The van der Waals surface area contributed by atoms with Crippen molar-refractivity contribution in [3.8, 4) is 0 Å². The standard InChI is InChI=1S/C12H13NO2S/c1-13(2)9-6-4-5-8-7-10(12(14)15-3)16-11(8)9/h4-7H,1-3H3. The van der Waals surface area contributed by atoms with E-state index in [9.17, 15) is 4.79 Å². The second kappa shape index (κ2) is 4.14. The van der Waals surface area contributed by atoms with Gasteiger partial charge in [-0.05, 0) is 17.5 Å². The van der Waals surface area contributed by atoms with E-state index < -0.39 is 0 Å². The van der Waals surface area contributed by atoms with Gasteiger partial charge in [0.25, 0.3) is 0 Å². The lowest BCUT2D eigenvalue weighted by Gasteiger charge is -2.12. The van der Waals surface area contributed by atoms with Crippen molar-refractivity contribution in [2.24, 2.45) is 0 Å². The number of thiophene rings is 1. The summed E-state index contributed by atoms with van der Waals surface area (Å²) in [6.07, 6.45) is 0. The molecule has 0 N–H and O–H groups in total. The number of anilines is 1. The molecule has 2 aromatic rings. The van der Waals surface area contributed by atoms with Crippen LogP contribution >= 0.6 is 11.3 Å². The third-order valence-electron chi connectivity index (χ3n) is 2.39. The Bertz CT molecular complexity index is 531. The SMILES string of the molecule is COC(=O)c1cc2cccc(N(C)C)c2s1. The van der Waals surface area contributed by atoms with Crippen LogP contribution in [-0.4, -0.2) is 27.2 Å². The molecule has 0 aliphatic rings. The van der Waals surface area contributed by atoms with Crippen LogP contribution in [-0.2, 0) is 4.74 Å². The Morgan fingerprint density at radius 2 is 2.12 bits per heavy atom. The maximum atomic E-state index is 11.4. The number of carbonyl (C=O) groups is 1. The summed E-state index contributed by atoms with van der Waals surface area (Å²) in [6, 6.07) is 7.91. The Labute approximate surface area is 98.2 Å². The van der Waals surface area contributed by atoms with E-state index in [-0.39, 0.29) is 5.97 Å². The molecule has 0 spiro atoms. The largest absolute Gasteiger partial charge is 0.465 e. The number of fused-ring (bicyclic) bond motifs is 1. The van der Waals surface area contributed by atoms with Crippen molar-refractivity contribution in [2.75, 3.05) is 26.1 Å². The minimum atomic E-state index is -0.272. The lowest BCUT2D eigenvalue weighted by Crippen LogP contribution is -2.08. The predicted octanol–water partition coefficient (Wildman–Crippen LogP) is 2.75. The van der Waals surface area contributed by atoms with E-state index in [0.717, 1.165) is 15.8 Å². The lowest BCUT2D eigenvalue weighted by molar-refractivity contribution is 0.0606. The van der Waals surface area contributed by atoms with Crippen molar-refractivity contribution < 1.29 is 9.53 Å². The fourth-order valence-corrected chi connectivity index (χ4v) is 2.77. The number of hydrogen-bond acceptors (Lipinski definition) is 4. The Hall–Kier alpha value is -1.55. The normalized spacial score (nSPS) is 10.4. The summed E-state index contributed by atoms with van der Waals surface area (Å²) in [5.74, 6) is -0.272. The van der Waals surface area contributed by atoms with Gasteiger partial charge < -0.3 is 9.64 Å². The average Bonchev–Trinajstić information content (AvgIpc) is 2.70. The van der Waals surface area contributed by atoms with Gasteiger partial charge in [-0.2, -0.15) is 0 Å². The van der Waals surface area contributed by atoms with Crippen LogP contribution in [0.5, 0.6) is 0 Å². The molecule has 0 aliphatic carbocycles. The molecule has 0 saturated carbocycles. The van der Waals surface area contributed by atoms with Gasteiger partial charge in [0.1, 0.15) is 4.88 Å². The Morgan fingerprint density at radius 1 is 1.38 bits per heavy atom. The fourth-order valence-electron chi connectivity index (χ4n) is 1.60. The molecule has 3 nitrogen and oxygen atoms in total. The van der Waals surface area contributed by atoms with Crippen molar-refractivity contribution in [2.45, 2.75) is 0 Å². The second-order valence-electron chi connectivity index (χ2n) is 3.69.